The van der Waals surface area contributed by atoms with E-state index in [0.29, 0.717) is 18.9 Å². The SMILES string of the molecule is O=C(CC1CCN(Cc2cccnc2)CC1)c1ccc2c(c1)C1=C(CCN(Cc3ccc(C(F)(F)F)cc3)C1)C2. The average molecular weight is 546 g/mol. The van der Waals surface area contributed by atoms with Gasteiger partial charge >= 0.3 is 6.18 Å². The molecule has 3 aromatic rings. The van der Waals surface area contributed by atoms with Crippen molar-refractivity contribution >= 4 is 11.4 Å². The molecule has 1 aromatic heterocycles. The molecule has 2 aromatic carbocycles. The molecule has 0 N–H and O–H groups in total. The van der Waals surface area contributed by atoms with Crippen molar-refractivity contribution in [2.24, 2.45) is 5.92 Å². The van der Waals surface area contributed by atoms with E-state index in [2.05, 4.69) is 33.0 Å². The van der Waals surface area contributed by atoms with Crippen LogP contribution in [0.15, 0.2) is 72.6 Å². The molecule has 0 amide bonds. The van der Waals surface area contributed by atoms with Crippen LogP contribution in [-0.2, 0) is 25.7 Å². The van der Waals surface area contributed by atoms with Gasteiger partial charge in [0.1, 0.15) is 0 Å². The highest BCUT2D eigenvalue weighted by atomic mass is 19.4. The second kappa shape index (κ2) is 11.3. The summed E-state index contributed by atoms with van der Waals surface area (Å²) >= 11 is 0. The molecule has 208 valence electrons. The molecule has 0 atom stereocenters. The molecule has 7 heteroatoms. The largest absolute Gasteiger partial charge is 0.416 e. The highest BCUT2D eigenvalue weighted by Crippen LogP contribution is 2.39. The topological polar surface area (TPSA) is 36.4 Å². The zero-order chi connectivity index (χ0) is 27.7. The van der Waals surface area contributed by atoms with Gasteiger partial charge in [-0.1, -0.05) is 35.9 Å². The number of likely N-dealkylation sites (tertiary alicyclic amines) is 1. The smallest absolute Gasteiger partial charge is 0.299 e. The molecular weight excluding hydrogens is 511 g/mol. The minimum Gasteiger partial charge on any atom is -0.299 e. The van der Waals surface area contributed by atoms with Gasteiger partial charge in [0.2, 0.25) is 0 Å². The first-order valence-corrected chi connectivity index (χ1v) is 14.2. The molecular formula is C33H34F3N3O. The second-order valence-electron chi connectivity index (χ2n) is 11.5. The predicted molar refractivity (Wildman–Crippen MR) is 150 cm³/mol. The van der Waals surface area contributed by atoms with Gasteiger partial charge in [-0.15, -0.1) is 0 Å². The lowest BCUT2D eigenvalue weighted by molar-refractivity contribution is -0.137. The lowest BCUT2D eigenvalue weighted by Gasteiger charge is -2.31. The predicted octanol–water partition coefficient (Wildman–Crippen LogP) is 6.80. The number of carbonyl (C=O) groups is 1. The first-order chi connectivity index (χ1) is 19.3. The molecule has 6 rings (SSSR count). The molecule has 40 heavy (non-hydrogen) atoms. The molecule has 3 heterocycles. The quantitative estimate of drug-likeness (QED) is 0.306. The van der Waals surface area contributed by atoms with Gasteiger partial charge in [-0.2, -0.15) is 13.2 Å². The zero-order valence-corrected chi connectivity index (χ0v) is 22.6. The van der Waals surface area contributed by atoms with Crippen LogP contribution in [0.25, 0.3) is 5.57 Å². The standard InChI is InChI=1S/C33H34F3N3O/c34-33(35,36)29-7-3-24(4-8-29)20-39-15-11-27-17-26-5-6-28(18-30(26)31(27)22-39)32(40)16-23-9-13-38(14-10-23)21-25-2-1-12-37-19-25/h1-8,12,18-19,23H,9-11,13-17,20-22H2. The van der Waals surface area contributed by atoms with E-state index in [1.165, 1.54) is 27.8 Å². The number of ketones is 1. The van der Waals surface area contributed by atoms with Crippen molar-refractivity contribution in [1.29, 1.82) is 0 Å². The summed E-state index contributed by atoms with van der Waals surface area (Å²) in [6.45, 7) is 5.18. The van der Waals surface area contributed by atoms with E-state index in [-0.39, 0.29) is 5.78 Å². The fourth-order valence-corrected chi connectivity index (χ4v) is 6.41. The van der Waals surface area contributed by atoms with Gasteiger partial charge in [-0.05, 0) is 96.8 Å². The number of carbonyl (C=O) groups excluding carboxylic acids is 1. The molecule has 1 fully saturated rings. The van der Waals surface area contributed by atoms with Crippen LogP contribution in [0.3, 0.4) is 0 Å². The molecule has 1 aliphatic carbocycles. The first-order valence-electron chi connectivity index (χ1n) is 14.2. The number of halogens is 3. The molecule has 0 saturated carbocycles. The Morgan fingerprint density at radius 2 is 1.70 bits per heavy atom. The lowest BCUT2D eigenvalue weighted by atomic mass is 9.88. The molecule has 0 unspecified atom stereocenters. The van der Waals surface area contributed by atoms with Gasteiger partial charge in [0.25, 0.3) is 0 Å². The summed E-state index contributed by atoms with van der Waals surface area (Å²) in [7, 11) is 0. The van der Waals surface area contributed by atoms with Gasteiger partial charge in [-0.25, -0.2) is 0 Å². The Morgan fingerprint density at radius 1 is 0.925 bits per heavy atom. The van der Waals surface area contributed by atoms with Crippen molar-refractivity contribution in [3.8, 4) is 0 Å². The fraction of sp³-hybridized carbons (Fsp3) is 0.394. The Kier molecular flexibility index (Phi) is 7.60. The van der Waals surface area contributed by atoms with Crippen molar-refractivity contribution in [2.45, 2.75) is 51.4 Å². The molecule has 1 saturated heterocycles. The monoisotopic (exact) mass is 545 g/mol. The number of hydrogen-bond acceptors (Lipinski definition) is 4. The molecule has 4 nitrogen and oxygen atoms in total. The van der Waals surface area contributed by atoms with E-state index in [4.69, 9.17) is 0 Å². The first kappa shape index (κ1) is 26.9. The van der Waals surface area contributed by atoms with E-state index in [1.807, 2.05) is 18.3 Å². The minimum absolute atomic E-state index is 0.222. The fourth-order valence-electron chi connectivity index (χ4n) is 6.41. The van der Waals surface area contributed by atoms with E-state index in [0.717, 1.165) is 81.7 Å². The van der Waals surface area contributed by atoms with Crippen molar-refractivity contribution in [3.05, 3.63) is 106 Å². The maximum Gasteiger partial charge on any atom is 0.416 e. The van der Waals surface area contributed by atoms with E-state index >= 15 is 0 Å². The summed E-state index contributed by atoms with van der Waals surface area (Å²) in [6, 6.07) is 15.8. The maximum absolute atomic E-state index is 13.3. The van der Waals surface area contributed by atoms with Crippen LogP contribution in [0, 0.1) is 5.92 Å². The third-order valence-corrected chi connectivity index (χ3v) is 8.70. The number of benzene rings is 2. The molecule has 0 radical (unpaired) electrons. The Morgan fingerprint density at radius 3 is 2.42 bits per heavy atom. The third-order valence-electron chi connectivity index (χ3n) is 8.70. The molecule has 2 aliphatic heterocycles. The summed E-state index contributed by atoms with van der Waals surface area (Å²) in [5.74, 6) is 0.634. The Bertz CT molecular complexity index is 1390. The number of pyridine rings is 1. The molecule has 0 spiro atoms. The van der Waals surface area contributed by atoms with E-state index < -0.39 is 11.7 Å². The van der Waals surface area contributed by atoms with Crippen molar-refractivity contribution in [2.75, 3.05) is 26.2 Å². The zero-order valence-electron chi connectivity index (χ0n) is 22.6. The average Bonchev–Trinajstić information content (AvgIpc) is 3.32. The van der Waals surface area contributed by atoms with Crippen LogP contribution in [0.2, 0.25) is 0 Å². The van der Waals surface area contributed by atoms with Crippen LogP contribution in [0.5, 0.6) is 0 Å². The van der Waals surface area contributed by atoms with Gasteiger partial charge in [0, 0.05) is 50.6 Å². The van der Waals surface area contributed by atoms with Crippen molar-refractivity contribution in [3.63, 3.8) is 0 Å². The normalized spacial score (nSPS) is 18.6. The number of fused-ring (bicyclic) bond motifs is 2. The number of alkyl halides is 3. The molecule has 0 bridgehead atoms. The Hall–Kier alpha value is -3.29. The van der Waals surface area contributed by atoms with Crippen LogP contribution in [0.4, 0.5) is 13.2 Å². The van der Waals surface area contributed by atoms with Gasteiger partial charge in [-0.3, -0.25) is 19.6 Å². The summed E-state index contributed by atoms with van der Waals surface area (Å²) in [6.07, 6.45) is 3.94. The number of aromatic nitrogens is 1. The van der Waals surface area contributed by atoms with Crippen LogP contribution in [-0.4, -0.2) is 46.7 Å². The van der Waals surface area contributed by atoms with Crippen LogP contribution < -0.4 is 0 Å². The molecule has 3 aliphatic rings. The number of Topliss-reactive ketones (excluding diaryl/α,β-unsaturated/α-hetero) is 1. The highest BCUT2D eigenvalue weighted by molar-refractivity contribution is 5.97. The summed E-state index contributed by atoms with van der Waals surface area (Å²) < 4.78 is 38.8. The van der Waals surface area contributed by atoms with Crippen LogP contribution >= 0.6 is 0 Å². The summed E-state index contributed by atoms with van der Waals surface area (Å²) in [4.78, 5) is 22.3. The number of piperidine rings is 1. The van der Waals surface area contributed by atoms with E-state index in [9.17, 15) is 18.0 Å². The van der Waals surface area contributed by atoms with Crippen LogP contribution in [0.1, 0.15) is 63.9 Å². The van der Waals surface area contributed by atoms with E-state index in [1.54, 1.807) is 18.3 Å². The highest BCUT2D eigenvalue weighted by Gasteiger charge is 2.31. The van der Waals surface area contributed by atoms with Gasteiger partial charge in [0.15, 0.2) is 5.78 Å². The number of nitrogens with zero attached hydrogens (tertiary/aromatic N) is 3. The number of rotatable bonds is 7. The van der Waals surface area contributed by atoms with Crippen molar-refractivity contribution < 1.29 is 18.0 Å². The third kappa shape index (κ3) is 6.06. The van der Waals surface area contributed by atoms with Crippen molar-refractivity contribution in [1.82, 2.24) is 14.8 Å². The Balaban J connectivity index is 1.06. The maximum atomic E-state index is 13.3. The summed E-state index contributed by atoms with van der Waals surface area (Å²) in [5.41, 5.74) is 7.49. The number of hydrogen-bond donors (Lipinski definition) is 0. The summed E-state index contributed by atoms with van der Waals surface area (Å²) in [5, 5.41) is 0. The van der Waals surface area contributed by atoms with Gasteiger partial charge in [0.05, 0.1) is 5.56 Å². The second-order valence-corrected chi connectivity index (χ2v) is 11.5. The Labute approximate surface area is 233 Å². The van der Waals surface area contributed by atoms with Gasteiger partial charge < -0.3 is 0 Å². The lowest BCUT2D eigenvalue weighted by Crippen LogP contribution is -2.34. The minimum atomic E-state index is -4.32.